The molecule has 0 spiro atoms. The van der Waals surface area contributed by atoms with Crippen molar-refractivity contribution >= 4 is 27.5 Å². The van der Waals surface area contributed by atoms with Gasteiger partial charge in [0.1, 0.15) is 0 Å². The Morgan fingerprint density at radius 3 is 2.41 bits per heavy atom. The van der Waals surface area contributed by atoms with Crippen LogP contribution in [0.4, 0.5) is 5.69 Å². The van der Waals surface area contributed by atoms with Gasteiger partial charge in [0.05, 0.1) is 4.90 Å². The third-order valence-electron chi connectivity index (χ3n) is 3.03. The summed E-state index contributed by atoms with van der Waals surface area (Å²) in [5.41, 5.74) is 2.52. The number of rotatable bonds is 4. The maximum absolute atomic E-state index is 11.9. The van der Waals surface area contributed by atoms with Gasteiger partial charge in [-0.15, -0.1) is 0 Å². The first-order valence-corrected chi connectivity index (χ1v) is 8.59. The molecule has 0 aliphatic rings. The van der Waals surface area contributed by atoms with Crippen LogP contribution in [0.1, 0.15) is 11.1 Å². The molecule has 5 heteroatoms. The van der Waals surface area contributed by atoms with Crippen molar-refractivity contribution in [3.8, 4) is 0 Å². The smallest absolute Gasteiger partial charge is 0.248 e. The van der Waals surface area contributed by atoms with Crippen molar-refractivity contribution in [2.24, 2.45) is 0 Å². The second-order valence-electron chi connectivity index (χ2n) is 5.03. The fraction of sp³-hybridized carbons (Fsp3) is 0.118. The van der Waals surface area contributed by atoms with Crippen LogP contribution in [0.5, 0.6) is 0 Å². The first kappa shape index (κ1) is 16.0. The van der Waals surface area contributed by atoms with Crippen LogP contribution in [-0.2, 0) is 14.6 Å². The topological polar surface area (TPSA) is 63.2 Å². The molecule has 2 rings (SSSR count). The molecule has 2 aromatic carbocycles. The molecule has 1 amide bonds. The molecule has 0 saturated heterocycles. The Bertz CT molecular complexity index is 806. The summed E-state index contributed by atoms with van der Waals surface area (Å²) >= 11 is 0. The number of amides is 1. The zero-order valence-electron chi connectivity index (χ0n) is 12.4. The molecule has 22 heavy (non-hydrogen) atoms. The molecule has 0 aliphatic carbocycles. The van der Waals surface area contributed by atoms with Crippen LogP contribution < -0.4 is 5.32 Å². The van der Waals surface area contributed by atoms with E-state index in [9.17, 15) is 13.2 Å². The van der Waals surface area contributed by atoms with Gasteiger partial charge in [-0.3, -0.25) is 4.79 Å². The van der Waals surface area contributed by atoms with Crippen LogP contribution in [0.25, 0.3) is 6.08 Å². The van der Waals surface area contributed by atoms with Gasteiger partial charge in [0.2, 0.25) is 5.91 Å². The van der Waals surface area contributed by atoms with Gasteiger partial charge >= 0.3 is 0 Å². The molecule has 0 radical (unpaired) electrons. The van der Waals surface area contributed by atoms with Gasteiger partial charge in [0.25, 0.3) is 0 Å². The first-order chi connectivity index (χ1) is 10.3. The van der Waals surface area contributed by atoms with Crippen LogP contribution in [0.15, 0.2) is 59.5 Å². The third kappa shape index (κ3) is 4.56. The normalized spacial score (nSPS) is 11.5. The Morgan fingerprint density at radius 2 is 1.77 bits per heavy atom. The van der Waals surface area contributed by atoms with Gasteiger partial charge in [-0.05, 0) is 36.8 Å². The molecular formula is C17H17NO3S. The zero-order chi connectivity index (χ0) is 16.2. The Kier molecular flexibility index (Phi) is 4.78. The van der Waals surface area contributed by atoms with Crippen molar-refractivity contribution in [3.63, 3.8) is 0 Å². The van der Waals surface area contributed by atoms with E-state index in [1.54, 1.807) is 18.2 Å². The Balaban J connectivity index is 2.07. The summed E-state index contributed by atoms with van der Waals surface area (Å²) in [6.07, 6.45) is 4.25. The van der Waals surface area contributed by atoms with Gasteiger partial charge in [-0.1, -0.05) is 35.9 Å². The summed E-state index contributed by atoms with van der Waals surface area (Å²) in [6, 6.07) is 13.9. The lowest BCUT2D eigenvalue weighted by Gasteiger charge is -2.04. The minimum atomic E-state index is -3.29. The van der Waals surface area contributed by atoms with E-state index < -0.39 is 9.84 Å². The average molecular weight is 315 g/mol. The number of carbonyl (C=O) groups excluding carboxylic acids is 1. The largest absolute Gasteiger partial charge is 0.322 e. The molecule has 114 valence electrons. The van der Waals surface area contributed by atoms with Gasteiger partial charge in [-0.25, -0.2) is 8.42 Å². The van der Waals surface area contributed by atoms with Crippen LogP contribution >= 0.6 is 0 Å². The number of hydrogen-bond acceptors (Lipinski definition) is 3. The number of carbonyl (C=O) groups is 1. The summed E-state index contributed by atoms with van der Waals surface area (Å²) in [4.78, 5) is 12.0. The highest BCUT2D eigenvalue weighted by molar-refractivity contribution is 7.90. The Hall–Kier alpha value is -2.40. The number of hydrogen-bond donors (Lipinski definition) is 1. The van der Waals surface area contributed by atoms with E-state index in [1.165, 1.54) is 18.2 Å². The quantitative estimate of drug-likeness (QED) is 0.882. The van der Waals surface area contributed by atoms with Crippen LogP contribution in [0.3, 0.4) is 0 Å². The second kappa shape index (κ2) is 6.58. The second-order valence-corrected chi connectivity index (χ2v) is 7.05. The molecule has 0 bridgehead atoms. The summed E-state index contributed by atoms with van der Waals surface area (Å²) < 4.78 is 23.0. The molecule has 0 atom stereocenters. The minimum Gasteiger partial charge on any atom is -0.322 e. The van der Waals surface area contributed by atoms with E-state index in [1.807, 2.05) is 31.2 Å². The molecule has 2 aromatic rings. The van der Waals surface area contributed by atoms with E-state index >= 15 is 0 Å². The fourth-order valence-corrected chi connectivity index (χ4v) is 2.50. The van der Waals surface area contributed by atoms with Crippen molar-refractivity contribution in [1.82, 2.24) is 0 Å². The fourth-order valence-electron chi connectivity index (χ4n) is 1.84. The minimum absolute atomic E-state index is 0.174. The SMILES string of the molecule is Cc1ccc(C=CC(=O)Nc2cccc(S(C)(=O)=O)c2)cc1. The lowest BCUT2D eigenvalue weighted by atomic mass is 10.1. The summed E-state index contributed by atoms with van der Waals surface area (Å²) in [7, 11) is -3.29. The Labute approximate surface area is 130 Å². The van der Waals surface area contributed by atoms with E-state index in [2.05, 4.69) is 5.32 Å². The molecule has 0 aliphatic heterocycles. The van der Waals surface area contributed by atoms with Gasteiger partial charge < -0.3 is 5.32 Å². The standard InChI is InChI=1S/C17H17NO3S/c1-13-6-8-14(9-7-13)10-11-17(19)18-15-4-3-5-16(12-15)22(2,20)21/h3-12H,1-2H3,(H,18,19). The summed E-state index contributed by atoms with van der Waals surface area (Å²) in [5, 5.41) is 2.65. The van der Waals surface area contributed by atoms with E-state index in [0.717, 1.165) is 17.4 Å². The Morgan fingerprint density at radius 1 is 1.09 bits per heavy atom. The highest BCUT2D eigenvalue weighted by Crippen LogP contribution is 2.15. The lowest BCUT2D eigenvalue weighted by Crippen LogP contribution is -2.08. The van der Waals surface area contributed by atoms with Gasteiger partial charge in [-0.2, -0.15) is 0 Å². The summed E-state index contributed by atoms with van der Waals surface area (Å²) in [6.45, 7) is 2.00. The number of nitrogens with one attached hydrogen (secondary N) is 1. The predicted octanol–water partition coefficient (Wildman–Crippen LogP) is 3.05. The lowest BCUT2D eigenvalue weighted by molar-refractivity contribution is -0.111. The van der Waals surface area contributed by atoms with Crippen LogP contribution in [-0.4, -0.2) is 20.6 Å². The van der Waals surface area contributed by atoms with Crippen LogP contribution in [0.2, 0.25) is 0 Å². The first-order valence-electron chi connectivity index (χ1n) is 6.70. The molecule has 0 unspecified atom stereocenters. The third-order valence-corrected chi connectivity index (χ3v) is 4.14. The maximum atomic E-state index is 11.9. The molecule has 0 heterocycles. The van der Waals surface area contributed by atoms with Crippen molar-refractivity contribution < 1.29 is 13.2 Å². The van der Waals surface area contributed by atoms with Crippen molar-refractivity contribution in [3.05, 3.63) is 65.7 Å². The predicted molar refractivity (Wildman–Crippen MR) is 88.4 cm³/mol. The molecule has 4 nitrogen and oxygen atoms in total. The molecule has 0 fully saturated rings. The highest BCUT2D eigenvalue weighted by Gasteiger charge is 2.07. The van der Waals surface area contributed by atoms with E-state index in [-0.39, 0.29) is 10.8 Å². The van der Waals surface area contributed by atoms with Crippen LogP contribution in [0, 0.1) is 6.92 Å². The zero-order valence-corrected chi connectivity index (χ0v) is 13.2. The molecule has 0 saturated carbocycles. The highest BCUT2D eigenvalue weighted by atomic mass is 32.2. The maximum Gasteiger partial charge on any atom is 0.248 e. The molecule has 1 N–H and O–H groups in total. The number of anilines is 1. The average Bonchev–Trinajstić information content (AvgIpc) is 2.46. The number of aryl methyl sites for hydroxylation is 1. The molecule has 0 aromatic heterocycles. The van der Waals surface area contributed by atoms with Gasteiger partial charge in [0, 0.05) is 18.0 Å². The monoisotopic (exact) mass is 315 g/mol. The van der Waals surface area contributed by atoms with Crippen molar-refractivity contribution in [1.29, 1.82) is 0 Å². The van der Waals surface area contributed by atoms with E-state index in [4.69, 9.17) is 0 Å². The number of benzene rings is 2. The van der Waals surface area contributed by atoms with Crippen molar-refractivity contribution in [2.75, 3.05) is 11.6 Å². The summed E-state index contributed by atoms with van der Waals surface area (Å²) in [5.74, 6) is -0.314. The van der Waals surface area contributed by atoms with Crippen molar-refractivity contribution in [2.45, 2.75) is 11.8 Å². The number of sulfone groups is 1. The molecular weight excluding hydrogens is 298 g/mol. The van der Waals surface area contributed by atoms with Gasteiger partial charge in [0.15, 0.2) is 9.84 Å². The van der Waals surface area contributed by atoms with E-state index in [0.29, 0.717) is 5.69 Å².